The maximum atomic E-state index is 12.1. The van der Waals surface area contributed by atoms with Crippen molar-refractivity contribution >= 4 is 0 Å². The van der Waals surface area contributed by atoms with Crippen molar-refractivity contribution < 1.29 is 9.26 Å². The lowest BCUT2D eigenvalue weighted by atomic mass is 10.4. The van der Waals surface area contributed by atoms with E-state index in [1.54, 1.807) is 30.9 Å². The lowest BCUT2D eigenvalue weighted by molar-refractivity contribution is 0.186. The van der Waals surface area contributed by atoms with E-state index in [1.165, 1.54) is 4.57 Å². The molecule has 0 fully saturated rings. The average molecular weight is 237 g/mol. The predicted molar refractivity (Wildman–Crippen MR) is 61.4 cm³/mol. The summed E-state index contributed by atoms with van der Waals surface area (Å²) in [4.78, 5) is 12.1. The van der Waals surface area contributed by atoms with Gasteiger partial charge in [-0.1, -0.05) is 5.16 Å². The number of aromatic nitrogens is 3. The van der Waals surface area contributed by atoms with Gasteiger partial charge in [0.15, 0.2) is 5.82 Å². The summed E-state index contributed by atoms with van der Waals surface area (Å²) in [5.74, 6) is 1.19. The first-order valence-electron chi connectivity index (χ1n) is 5.35. The van der Waals surface area contributed by atoms with E-state index >= 15 is 0 Å². The number of rotatable bonds is 4. The molecule has 0 saturated carbocycles. The summed E-state index contributed by atoms with van der Waals surface area (Å²) in [6.45, 7) is 4.68. The van der Waals surface area contributed by atoms with Crippen molar-refractivity contribution in [2.75, 3.05) is 13.7 Å². The second-order valence-corrected chi connectivity index (χ2v) is 3.87. The molecule has 6 nitrogen and oxygen atoms in total. The molecule has 17 heavy (non-hydrogen) atoms. The first-order chi connectivity index (χ1) is 8.13. The fraction of sp³-hybridized carbons (Fsp3) is 0.455. The number of ether oxygens (including phenoxy) is 1. The van der Waals surface area contributed by atoms with Gasteiger partial charge in [0, 0.05) is 25.1 Å². The highest BCUT2D eigenvalue weighted by Crippen LogP contribution is 2.08. The van der Waals surface area contributed by atoms with Crippen molar-refractivity contribution in [2.45, 2.75) is 20.4 Å². The lowest BCUT2D eigenvalue weighted by Crippen LogP contribution is -2.25. The normalized spacial score (nSPS) is 11.0. The Balaban J connectivity index is 2.41. The van der Waals surface area contributed by atoms with E-state index in [1.807, 2.05) is 6.92 Å². The van der Waals surface area contributed by atoms with E-state index in [0.29, 0.717) is 24.7 Å². The highest BCUT2D eigenvalue weighted by Gasteiger charge is 2.12. The van der Waals surface area contributed by atoms with Crippen molar-refractivity contribution in [2.24, 2.45) is 0 Å². The Morgan fingerprint density at radius 3 is 2.82 bits per heavy atom. The molecular weight excluding hydrogens is 222 g/mol. The van der Waals surface area contributed by atoms with Crippen LogP contribution >= 0.6 is 0 Å². The topological polar surface area (TPSA) is 62.2 Å². The molecule has 2 rings (SSSR count). The van der Waals surface area contributed by atoms with Crippen LogP contribution in [-0.2, 0) is 11.3 Å². The molecule has 0 radical (unpaired) electrons. The molecule has 2 aromatic rings. The van der Waals surface area contributed by atoms with Crippen LogP contribution < -0.4 is 5.69 Å². The van der Waals surface area contributed by atoms with Gasteiger partial charge in [-0.2, -0.15) is 0 Å². The fourth-order valence-electron chi connectivity index (χ4n) is 1.70. The van der Waals surface area contributed by atoms with Gasteiger partial charge in [0.1, 0.15) is 5.76 Å². The van der Waals surface area contributed by atoms with Gasteiger partial charge < -0.3 is 9.26 Å². The molecule has 0 aliphatic rings. The van der Waals surface area contributed by atoms with Crippen LogP contribution in [-0.4, -0.2) is 28.0 Å². The standard InChI is InChI=1S/C11H15N3O3/c1-8-7-13(4-5-16-3)11(15)14(8)10-6-9(2)17-12-10/h6-7H,4-5H2,1-3H3. The molecule has 0 atom stereocenters. The zero-order chi connectivity index (χ0) is 12.4. The molecule has 2 heterocycles. The molecule has 92 valence electrons. The third-order valence-corrected chi connectivity index (χ3v) is 2.51. The summed E-state index contributed by atoms with van der Waals surface area (Å²) in [6.07, 6.45) is 1.78. The first-order valence-corrected chi connectivity index (χ1v) is 5.35. The smallest absolute Gasteiger partial charge is 0.334 e. The van der Waals surface area contributed by atoms with Gasteiger partial charge in [-0.15, -0.1) is 0 Å². The molecule has 0 amide bonds. The van der Waals surface area contributed by atoms with Gasteiger partial charge in [-0.05, 0) is 13.8 Å². The van der Waals surface area contributed by atoms with E-state index in [0.717, 1.165) is 5.69 Å². The Kier molecular flexibility index (Phi) is 3.14. The second kappa shape index (κ2) is 4.58. The molecule has 0 bridgehead atoms. The van der Waals surface area contributed by atoms with E-state index in [9.17, 15) is 4.79 Å². The quantitative estimate of drug-likeness (QED) is 0.792. The fourth-order valence-corrected chi connectivity index (χ4v) is 1.70. The van der Waals surface area contributed by atoms with Crippen LogP contribution in [0.3, 0.4) is 0 Å². The maximum absolute atomic E-state index is 12.1. The minimum Gasteiger partial charge on any atom is -0.383 e. The molecule has 0 spiro atoms. The zero-order valence-corrected chi connectivity index (χ0v) is 10.1. The Bertz CT molecular complexity index is 565. The summed E-state index contributed by atoms with van der Waals surface area (Å²) in [6, 6.07) is 1.73. The summed E-state index contributed by atoms with van der Waals surface area (Å²) in [7, 11) is 1.61. The largest absolute Gasteiger partial charge is 0.383 e. The van der Waals surface area contributed by atoms with Crippen LogP contribution in [0.2, 0.25) is 0 Å². The molecule has 0 aromatic carbocycles. The molecule has 6 heteroatoms. The van der Waals surface area contributed by atoms with Gasteiger partial charge >= 0.3 is 5.69 Å². The third kappa shape index (κ3) is 2.16. The van der Waals surface area contributed by atoms with E-state index < -0.39 is 0 Å². The molecule has 0 aliphatic carbocycles. The Labute approximate surface area is 98.4 Å². The van der Waals surface area contributed by atoms with Gasteiger partial charge in [0.25, 0.3) is 0 Å². The lowest BCUT2D eigenvalue weighted by Gasteiger charge is -1.98. The Morgan fingerprint density at radius 1 is 1.47 bits per heavy atom. The molecule has 0 N–H and O–H groups in total. The number of methoxy groups -OCH3 is 1. The maximum Gasteiger partial charge on any atom is 0.334 e. The van der Waals surface area contributed by atoms with Crippen LogP contribution in [0.4, 0.5) is 0 Å². The van der Waals surface area contributed by atoms with Crippen molar-refractivity contribution in [3.8, 4) is 5.82 Å². The van der Waals surface area contributed by atoms with Crippen LogP contribution in [0.25, 0.3) is 5.82 Å². The summed E-state index contributed by atoms with van der Waals surface area (Å²) in [5, 5.41) is 3.84. The van der Waals surface area contributed by atoms with Gasteiger partial charge in [0.05, 0.1) is 13.2 Å². The third-order valence-electron chi connectivity index (χ3n) is 2.51. The number of hydrogen-bond donors (Lipinski definition) is 0. The van der Waals surface area contributed by atoms with Crippen LogP contribution in [0.1, 0.15) is 11.5 Å². The first kappa shape index (κ1) is 11.7. The molecule has 0 aliphatic heterocycles. The molecule has 0 saturated heterocycles. The highest BCUT2D eigenvalue weighted by atomic mass is 16.5. The SMILES string of the molecule is COCCn1cc(C)n(-c2cc(C)on2)c1=O. The number of hydrogen-bond acceptors (Lipinski definition) is 4. The van der Waals surface area contributed by atoms with Gasteiger partial charge in [-0.25, -0.2) is 9.36 Å². The van der Waals surface area contributed by atoms with Gasteiger partial charge in [-0.3, -0.25) is 4.57 Å². The van der Waals surface area contributed by atoms with E-state index in [2.05, 4.69) is 5.16 Å². The zero-order valence-electron chi connectivity index (χ0n) is 10.1. The highest BCUT2D eigenvalue weighted by molar-refractivity contribution is 5.24. The summed E-state index contributed by atoms with van der Waals surface area (Å²) < 4.78 is 13.1. The van der Waals surface area contributed by atoms with Gasteiger partial charge in [0.2, 0.25) is 0 Å². The molecule has 2 aromatic heterocycles. The molecular formula is C11H15N3O3. The minimum absolute atomic E-state index is 0.132. The average Bonchev–Trinajstić information content (AvgIpc) is 2.81. The number of imidazole rings is 1. The van der Waals surface area contributed by atoms with Crippen molar-refractivity contribution in [3.05, 3.63) is 34.2 Å². The van der Waals surface area contributed by atoms with Crippen molar-refractivity contribution in [1.82, 2.24) is 14.3 Å². The Morgan fingerprint density at radius 2 is 2.24 bits per heavy atom. The monoisotopic (exact) mass is 237 g/mol. The van der Waals surface area contributed by atoms with E-state index in [4.69, 9.17) is 9.26 Å². The number of aryl methyl sites for hydroxylation is 2. The molecule has 0 unspecified atom stereocenters. The van der Waals surface area contributed by atoms with Crippen LogP contribution in [0, 0.1) is 13.8 Å². The van der Waals surface area contributed by atoms with Crippen LogP contribution in [0.15, 0.2) is 21.6 Å². The summed E-state index contributed by atoms with van der Waals surface area (Å²) in [5.41, 5.74) is 0.687. The predicted octanol–water partition coefficient (Wildman–Crippen LogP) is 0.890. The Hall–Kier alpha value is -1.82. The van der Waals surface area contributed by atoms with Crippen LogP contribution in [0.5, 0.6) is 0 Å². The van der Waals surface area contributed by atoms with Crippen molar-refractivity contribution in [3.63, 3.8) is 0 Å². The number of nitrogens with zero attached hydrogens (tertiary/aromatic N) is 3. The van der Waals surface area contributed by atoms with Crippen molar-refractivity contribution in [1.29, 1.82) is 0 Å². The minimum atomic E-state index is -0.132. The summed E-state index contributed by atoms with van der Waals surface area (Å²) >= 11 is 0. The van der Waals surface area contributed by atoms with E-state index in [-0.39, 0.29) is 5.69 Å². The second-order valence-electron chi connectivity index (χ2n) is 3.87.